The van der Waals surface area contributed by atoms with Crippen molar-refractivity contribution < 1.29 is 42.7 Å². The predicted octanol–water partition coefficient (Wildman–Crippen LogP) is 3.55. The van der Waals surface area contributed by atoms with Crippen LogP contribution in [0.25, 0.3) is 0 Å². The van der Waals surface area contributed by atoms with Crippen molar-refractivity contribution in [3.05, 3.63) is 0 Å². The Morgan fingerprint density at radius 3 is 1.28 bits per heavy atom. The van der Waals surface area contributed by atoms with Crippen molar-refractivity contribution in [3.63, 3.8) is 0 Å². The van der Waals surface area contributed by atoms with Gasteiger partial charge in [0.1, 0.15) is 5.60 Å². The van der Waals surface area contributed by atoms with E-state index in [2.05, 4.69) is 6.92 Å². The zero-order valence-corrected chi connectivity index (χ0v) is 23.6. The Balaban J connectivity index is 3.17. The third-order valence-electron chi connectivity index (χ3n) is 4.65. The third-order valence-corrected chi connectivity index (χ3v) is 4.65. The SMILES string of the molecule is CCCCCCOCCOCCOCCOCCOCCOCCOCCN(C)C(=O)OC(C)(C)C. The van der Waals surface area contributed by atoms with Gasteiger partial charge in [-0.15, -0.1) is 0 Å². The van der Waals surface area contributed by atoms with Gasteiger partial charge >= 0.3 is 6.09 Å². The normalized spacial score (nSPS) is 11.7. The van der Waals surface area contributed by atoms with E-state index in [4.69, 9.17) is 37.9 Å². The number of nitrogens with zero attached hydrogens (tertiary/aromatic N) is 1. The molecule has 0 saturated heterocycles. The van der Waals surface area contributed by atoms with E-state index in [1.807, 2.05) is 20.8 Å². The molecule has 0 aromatic heterocycles. The van der Waals surface area contributed by atoms with Crippen LogP contribution in [0.4, 0.5) is 4.79 Å². The van der Waals surface area contributed by atoms with E-state index in [-0.39, 0.29) is 6.09 Å². The monoisotopic (exact) mass is 523 g/mol. The van der Waals surface area contributed by atoms with Crippen molar-refractivity contribution in [3.8, 4) is 0 Å². The summed E-state index contributed by atoms with van der Waals surface area (Å²) in [5, 5.41) is 0. The predicted molar refractivity (Wildman–Crippen MR) is 139 cm³/mol. The molecule has 0 spiro atoms. The van der Waals surface area contributed by atoms with Crippen molar-refractivity contribution in [2.45, 2.75) is 59.0 Å². The molecule has 0 bridgehead atoms. The highest BCUT2D eigenvalue weighted by atomic mass is 16.6. The molecule has 0 aliphatic carbocycles. The van der Waals surface area contributed by atoms with Crippen molar-refractivity contribution in [1.29, 1.82) is 0 Å². The molecule has 0 rings (SSSR count). The molecule has 0 aromatic carbocycles. The molecular weight excluding hydrogens is 470 g/mol. The summed E-state index contributed by atoms with van der Waals surface area (Å²) in [6.07, 6.45) is 4.54. The smallest absolute Gasteiger partial charge is 0.410 e. The molecule has 0 unspecified atom stereocenters. The van der Waals surface area contributed by atoms with Gasteiger partial charge in [-0.2, -0.15) is 0 Å². The van der Waals surface area contributed by atoms with Crippen LogP contribution in [0.15, 0.2) is 0 Å². The fourth-order valence-corrected chi connectivity index (χ4v) is 2.69. The second-order valence-corrected chi connectivity index (χ2v) is 9.25. The number of amides is 1. The van der Waals surface area contributed by atoms with Crippen LogP contribution in [0, 0.1) is 0 Å². The first-order valence-electron chi connectivity index (χ1n) is 13.3. The minimum Gasteiger partial charge on any atom is -0.444 e. The van der Waals surface area contributed by atoms with Gasteiger partial charge in [0.15, 0.2) is 0 Å². The first-order chi connectivity index (χ1) is 17.4. The van der Waals surface area contributed by atoms with Crippen LogP contribution in [-0.2, 0) is 37.9 Å². The number of rotatable bonds is 26. The molecule has 0 fully saturated rings. The van der Waals surface area contributed by atoms with E-state index in [1.165, 1.54) is 24.2 Å². The lowest BCUT2D eigenvalue weighted by Crippen LogP contribution is -2.36. The number of unbranched alkanes of at least 4 members (excludes halogenated alkanes) is 3. The van der Waals surface area contributed by atoms with Gasteiger partial charge in [0, 0.05) is 20.2 Å². The molecule has 216 valence electrons. The van der Waals surface area contributed by atoms with Crippen molar-refractivity contribution in [2.24, 2.45) is 0 Å². The van der Waals surface area contributed by atoms with Crippen molar-refractivity contribution >= 4 is 6.09 Å². The zero-order valence-electron chi connectivity index (χ0n) is 23.6. The van der Waals surface area contributed by atoms with Crippen LogP contribution in [0.5, 0.6) is 0 Å². The quantitative estimate of drug-likeness (QED) is 0.158. The van der Waals surface area contributed by atoms with E-state index in [1.54, 1.807) is 7.05 Å². The lowest BCUT2D eigenvalue weighted by molar-refractivity contribution is -0.0213. The summed E-state index contributed by atoms with van der Waals surface area (Å²) in [6, 6.07) is 0. The highest BCUT2D eigenvalue weighted by molar-refractivity contribution is 5.67. The summed E-state index contributed by atoms with van der Waals surface area (Å²) in [7, 11) is 1.69. The fourth-order valence-electron chi connectivity index (χ4n) is 2.69. The molecule has 0 heterocycles. The number of likely N-dealkylation sites (N-methyl/N-ethyl adjacent to an activating group) is 1. The Morgan fingerprint density at radius 2 is 0.917 bits per heavy atom. The van der Waals surface area contributed by atoms with Crippen LogP contribution in [0.3, 0.4) is 0 Å². The first kappa shape index (κ1) is 35.0. The topological polar surface area (TPSA) is 94.2 Å². The maximum Gasteiger partial charge on any atom is 0.410 e. The number of hydrogen-bond acceptors (Lipinski definition) is 9. The van der Waals surface area contributed by atoms with Gasteiger partial charge in [-0.25, -0.2) is 4.79 Å². The van der Waals surface area contributed by atoms with Crippen LogP contribution in [0.1, 0.15) is 53.4 Å². The van der Waals surface area contributed by atoms with E-state index in [0.29, 0.717) is 92.4 Å². The Bertz CT molecular complexity index is 475. The lowest BCUT2D eigenvalue weighted by atomic mass is 10.2. The van der Waals surface area contributed by atoms with E-state index >= 15 is 0 Å². The van der Waals surface area contributed by atoms with E-state index in [9.17, 15) is 4.79 Å². The molecule has 0 N–H and O–H groups in total. The average Bonchev–Trinajstić information content (AvgIpc) is 2.82. The summed E-state index contributed by atoms with van der Waals surface area (Å²) >= 11 is 0. The van der Waals surface area contributed by atoms with Gasteiger partial charge in [0.05, 0.1) is 85.9 Å². The second-order valence-electron chi connectivity index (χ2n) is 9.25. The molecule has 0 atom stereocenters. The largest absolute Gasteiger partial charge is 0.444 e. The van der Waals surface area contributed by atoms with Crippen LogP contribution in [0.2, 0.25) is 0 Å². The second kappa shape index (κ2) is 25.6. The van der Waals surface area contributed by atoms with Gasteiger partial charge in [-0.3, -0.25) is 0 Å². The molecule has 36 heavy (non-hydrogen) atoms. The summed E-state index contributed by atoms with van der Waals surface area (Å²) in [6.45, 7) is 15.8. The van der Waals surface area contributed by atoms with Crippen LogP contribution < -0.4 is 0 Å². The van der Waals surface area contributed by atoms with Gasteiger partial charge in [-0.1, -0.05) is 26.2 Å². The number of carbonyl (C=O) groups excluding carboxylic acids is 1. The van der Waals surface area contributed by atoms with Crippen molar-refractivity contribution in [1.82, 2.24) is 4.90 Å². The maximum absolute atomic E-state index is 11.8. The molecule has 0 aliphatic heterocycles. The first-order valence-corrected chi connectivity index (χ1v) is 13.3. The highest BCUT2D eigenvalue weighted by Crippen LogP contribution is 2.08. The summed E-state index contributed by atoms with van der Waals surface area (Å²) in [4.78, 5) is 13.3. The molecule has 10 heteroatoms. The average molecular weight is 524 g/mol. The Morgan fingerprint density at radius 1 is 0.556 bits per heavy atom. The molecule has 10 nitrogen and oxygen atoms in total. The third kappa shape index (κ3) is 27.6. The molecule has 0 aliphatic rings. The van der Waals surface area contributed by atoms with Gasteiger partial charge in [0.2, 0.25) is 0 Å². The van der Waals surface area contributed by atoms with Crippen LogP contribution in [-0.4, -0.2) is 123 Å². The Kier molecular flexibility index (Phi) is 24.9. The van der Waals surface area contributed by atoms with Gasteiger partial charge in [0.25, 0.3) is 0 Å². The molecule has 1 amide bonds. The van der Waals surface area contributed by atoms with E-state index in [0.717, 1.165) is 13.0 Å². The lowest BCUT2D eigenvalue weighted by Gasteiger charge is -2.24. The van der Waals surface area contributed by atoms with Crippen molar-refractivity contribution in [2.75, 3.05) is 106 Å². The van der Waals surface area contributed by atoms with Crippen LogP contribution >= 0.6 is 0 Å². The minimum atomic E-state index is -0.499. The maximum atomic E-state index is 11.8. The van der Waals surface area contributed by atoms with E-state index < -0.39 is 5.60 Å². The number of carbonyl (C=O) groups is 1. The standard InChI is InChI=1S/C26H53NO9/c1-6-7-8-9-11-29-13-15-31-17-19-33-21-23-35-24-22-34-20-18-32-16-14-30-12-10-27(5)25(28)36-26(2,3)4/h6-24H2,1-5H3. The summed E-state index contributed by atoms with van der Waals surface area (Å²) in [5.41, 5.74) is -0.499. The summed E-state index contributed by atoms with van der Waals surface area (Å²) < 4.78 is 43.5. The molecule has 0 radical (unpaired) electrons. The molecule has 0 saturated carbocycles. The van der Waals surface area contributed by atoms with Gasteiger partial charge in [-0.05, 0) is 27.2 Å². The Labute approximate surface area is 219 Å². The van der Waals surface area contributed by atoms with Gasteiger partial charge < -0.3 is 42.8 Å². The number of ether oxygens (including phenoxy) is 8. The molecular formula is C26H53NO9. The Hall–Kier alpha value is -1.01. The highest BCUT2D eigenvalue weighted by Gasteiger charge is 2.19. The number of hydrogen-bond donors (Lipinski definition) is 0. The fraction of sp³-hybridized carbons (Fsp3) is 0.962. The minimum absolute atomic E-state index is 0.356. The zero-order chi connectivity index (χ0) is 26.7. The molecule has 0 aromatic rings. The summed E-state index contributed by atoms with van der Waals surface area (Å²) in [5.74, 6) is 0.